The van der Waals surface area contributed by atoms with Crippen LogP contribution in [0, 0.1) is 0 Å². The molecule has 6 heteroatoms. The van der Waals surface area contributed by atoms with E-state index in [9.17, 15) is 13.6 Å². The van der Waals surface area contributed by atoms with Crippen LogP contribution in [0.4, 0.5) is 8.78 Å². The number of alkyl halides is 2. The number of aromatic amines is 1. The molecule has 1 aromatic rings. The summed E-state index contributed by atoms with van der Waals surface area (Å²) in [5, 5.41) is 9.10. The first-order chi connectivity index (χ1) is 5.99. The minimum absolute atomic E-state index is 0.00116. The number of H-pyrrole nitrogens is 1. The van der Waals surface area contributed by atoms with Gasteiger partial charge in [0.25, 0.3) is 5.92 Å². The molecule has 0 bridgehead atoms. The maximum absolute atomic E-state index is 12.8. The Balaban J connectivity index is 2.51. The zero-order chi connectivity index (χ0) is 9.64. The van der Waals surface area contributed by atoms with Gasteiger partial charge in [-0.25, -0.2) is 13.6 Å². The van der Waals surface area contributed by atoms with Crippen LogP contribution >= 0.6 is 0 Å². The van der Waals surface area contributed by atoms with Crippen molar-refractivity contribution in [1.29, 1.82) is 0 Å². The molecule has 2 heterocycles. The first kappa shape index (κ1) is 8.28. The van der Waals surface area contributed by atoms with E-state index >= 15 is 0 Å². The number of hydrogen-bond donors (Lipinski definition) is 2. The van der Waals surface area contributed by atoms with Crippen molar-refractivity contribution in [3.8, 4) is 5.88 Å². The van der Waals surface area contributed by atoms with E-state index in [-0.39, 0.29) is 18.7 Å². The third-order valence-electron chi connectivity index (χ3n) is 2.20. The van der Waals surface area contributed by atoms with Crippen LogP contribution in [0.3, 0.4) is 0 Å². The second kappa shape index (κ2) is 2.34. The second-order valence-corrected chi connectivity index (χ2v) is 3.16. The van der Waals surface area contributed by atoms with E-state index in [1.807, 2.05) is 0 Å². The van der Waals surface area contributed by atoms with Gasteiger partial charge in [-0.05, 0) is 0 Å². The Hall–Kier alpha value is -1.33. The van der Waals surface area contributed by atoms with E-state index in [4.69, 9.17) is 5.11 Å². The van der Waals surface area contributed by atoms with Crippen LogP contribution in [0.2, 0.25) is 0 Å². The molecule has 1 aromatic heterocycles. The maximum Gasteiger partial charge on any atom is 0.328 e. The van der Waals surface area contributed by atoms with Crippen molar-refractivity contribution in [3.05, 3.63) is 16.2 Å². The molecule has 0 unspecified atom stereocenters. The molecule has 13 heavy (non-hydrogen) atoms. The molecule has 72 valence electrons. The zero-order valence-corrected chi connectivity index (χ0v) is 6.68. The van der Waals surface area contributed by atoms with E-state index in [0.29, 0.717) is 0 Å². The average Bonchev–Trinajstić information content (AvgIpc) is 2.26. The molecule has 0 aliphatic carbocycles. The molecule has 0 aromatic carbocycles. The van der Waals surface area contributed by atoms with E-state index in [1.165, 1.54) is 0 Å². The third kappa shape index (κ3) is 1.22. The Morgan fingerprint density at radius 1 is 1.54 bits per heavy atom. The van der Waals surface area contributed by atoms with Gasteiger partial charge in [0.05, 0.1) is 12.1 Å². The van der Waals surface area contributed by atoms with Gasteiger partial charge in [-0.1, -0.05) is 0 Å². The number of rotatable bonds is 0. The van der Waals surface area contributed by atoms with Crippen molar-refractivity contribution >= 4 is 0 Å². The van der Waals surface area contributed by atoms with E-state index in [1.54, 1.807) is 0 Å². The number of halogens is 2. The quantitative estimate of drug-likeness (QED) is 0.624. The summed E-state index contributed by atoms with van der Waals surface area (Å²) in [6, 6.07) is 0. The molecular formula is C7H8F2N2O2. The minimum atomic E-state index is -2.81. The Morgan fingerprint density at radius 2 is 2.23 bits per heavy atom. The fourth-order valence-electron chi connectivity index (χ4n) is 1.52. The third-order valence-corrected chi connectivity index (χ3v) is 2.20. The number of aromatic nitrogens is 2. The molecule has 0 saturated carbocycles. The lowest BCUT2D eigenvalue weighted by Gasteiger charge is -2.22. The van der Waals surface area contributed by atoms with E-state index in [0.717, 1.165) is 4.57 Å². The van der Waals surface area contributed by atoms with Gasteiger partial charge in [-0.2, -0.15) is 0 Å². The van der Waals surface area contributed by atoms with Crippen molar-refractivity contribution in [2.75, 3.05) is 0 Å². The van der Waals surface area contributed by atoms with E-state index < -0.39 is 23.9 Å². The van der Waals surface area contributed by atoms with Gasteiger partial charge in [0.15, 0.2) is 0 Å². The van der Waals surface area contributed by atoms with Gasteiger partial charge in [-0.3, -0.25) is 9.55 Å². The minimum Gasteiger partial charge on any atom is -0.493 e. The van der Waals surface area contributed by atoms with Crippen LogP contribution in [-0.4, -0.2) is 20.6 Å². The molecule has 4 nitrogen and oxygen atoms in total. The molecule has 1 aliphatic heterocycles. The van der Waals surface area contributed by atoms with Crippen LogP contribution in [-0.2, 0) is 13.0 Å². The molecule has 2 rings (SSSR count). The van der Waals surface area contributed by atoms with Crippen molar-refractivity contribution in [1.82, 2.24) is 9.55 Å². The summed E-state index contributed by atoms with van der Waals surface area (Å²) in [6.45, 7) is -0.0434. The number of imidazole rings is 1. The summed E-state index contributed by atoms with van der Waals surface area (Å²) < 4.78 is 26.8. The topological polar surface area (TPSA) is 58.0 Å². The standard InChI is InChI=1S/C7H8F2N2O2/c8-7(9)1-2-11-4(3-7)5(12)10-6(11)13/h12H,1-3H2,(H,10,13). The second-order valence-electron chi connectivity index (χ2n) is 3.16. The largest absolute Gasteiger partial charge is 0.493 e. The van der Waals surface area contributed by atoms with Crippen molar-refractivity contribution in [3.63, 3.8) is 0 Å². The van der Waals surface area contributed by atoms with Crippen molar-refractivity contribution in [2.45, 2.75) is 25.3 Å². The van der Waals surface area contributed by atoms with Crippen LogP contribution in [0.25, 0.3) is 0 Å². The number of hydrogen-bond acceptors (Lipinski definition) is 2. The van der Waals surface area contributed by atoms with Gasteiger partial charge in [-0.15, -0.1) is 0 Å². The summed E-state index contributed by atoms with van der Waals surface area (Å²) in [4.78, 5) is 13.1. The monoisotopic (exact) mass is 190 g/mol. The van der Waals surface area contributed by atoms with Crippen LogP contribution in [0.5, 0.6) is 5.88 Å². The van der Waals surface area contributed by atoms with Crippen LogP contribution < -0.4 is 5.69 Å². The van der Waals surface area contributed by atoms with Gasteiger partial charge < -0.3 is 5.11 Å². The molecule has 0 saturated heterocycles. The molecule has 0 atom stereocenters. The van der Waals surface area contributed by atoms with Crippen molar-refractivity contribution in [2.24, 2.45) is 0 Å². The Labute approximate surface area is 71.8 Å². The molecule has 2 N–H and O–H groups in total. The highest BCUT2D eigenvalue weighted by atomic mass is 19.3. The lowest BCUT2D eigenvalue weighted by molar-refractivity contribution is -0.0235. The van der Waals surface area contributed by atoms with Crippen LogP contribution in [0.1, 0.15) is 12.1 Å². The highest BCUT2D eigenvalue weighted by molar-refractivity contribution is 5.21. The summed E-state index contributed by atoms with van der Waals surface area (Å²) in [5.74, 6) is -3.25. The molecule has 0 amide bonds. The number of aromatic hydroxyl groups is 1. The average molecular weight is 190 g/mol. The van der Waals surface area contributed by atoms with Crippen molar-refractivity contribution < 1.29 is 13.9 Å². The summed E-state index contributed by atoms with van der Waals surface area (Å²) in [6.07, 6.45) is -0.922. The Morgan fingerprint density at radius 3 is 2.92 bits per heavy atom. The smallest absolute Gasteiger partial charge is 0.328 e. The Kier molecular flexibility index (Phi) is 1.49. The molecular weight excluding hydrogens is 182 g/mol. The first-order valence-electron chi connectivity index (χ1n) is 3.88. The lowest BCUT2D eigenvalue weighted by atomic mass is 10.1. The summed E-state index contributed by atoms with van der Waals surface area (Å²) in [7, 11) is 0. The maximum atomic E-state index is 12.8. The zero-order valence-electron chi connectivity index (χ0n) is 6.68. The predicted molar refractivity (Wildman–Crippen MR) is 40.0 cm³/mol. The normalized spacial score (nSPS) is 19.8. The molecule has 1 aliphatic rings. The van der Waals surface area contributed by atoms with Gasteiger partial charge in [0.2, 0.25) is 5.88 Å². The molecule has 0 radical (unpaired) electrons. The SMILES string of the molecule is O=c1[nH]c(O)c2n1CCC(F)(F)C2. The van der Waals surface area contributed by atoms with Gasteiger partial charge >= 0.3 is 5.69 Å². The summed E-state index contributed by atoms with van der Waals surface area (Å²) in [5.41, 5.74) is -0.524. The highest BCUT2D eigenvalue weighted by Gasteiger charge is 2.36. The van der Waals surface area contributed by atoms with E-state index in [2.05, 4.69) is 4.98 Å². The lowest BCUT2D eigenvalue weighted by Crippen LogP contribution is -2.33. The molecule has 0 spiro atoms. The first-order valence-corrected chi connectivity index (χ1v) is 3.88. The molecule has 0 fully saturated rings. The fraction of sp³-hybridized carbons (Fsp3) is 0.571. The predicted octanol–water partition coefficient (Wildman–Crippen LogP) is 0.464. The Bertz CT molecular complexity index is 394. The summed E-state index contributed by atoms with van der Waals surface area (Å²) >= 11 is 0. The van der Waals surface area contributed by atoms with Crippen LogP contribution in [0.15, 0.2) is 4.79 Å². The number of fused-ring (bicyclic) bond motifs is 1. The highest BCUT2D eigenvalue weighted by Crippen LogP contribution is 2.31. The van der Waals surface area contributed by atoms with Gasteiger partial charge in [0, 0.05) is 13.0 Å². The number of nitrogens with zero attached hydrogens (tertiary/aromatic N) is 1. The van der Waals surface area contributed by atoms with Gasteiger partial charge in [0.1, 0.15) is 0 Å². The number of nitrogens with one attached hydrogen (secondary N) is 1. The fourth-order valence-corrected chi connectivity index (χ4v) is 1.52.